The van der Waals surface area contributed by atoms with Gasteiger partial charge in [-0.3, -0.25) is 0 Å². The van der Waals surface area contributed by atoms with Crippen LogP contribution < -0.4 is 4.90 Å². The standard InChI is InChI=1S/C11H16N2O.C2H6/c1-9-3-4-10(2)12-11(9)13-5-7-14-8-6-13;1-2/h3-4H,5-8H2,1-2H3;1-2H3. The SMILES string of the molecule is CC.Cc1ccc(C)c(N2CCOCC2)n1. The van der Waals surface area contributed by atoms with Crippen molar-refractivity contribution in [2.45, 2.75) is 27.7 Å². The Labute approximate surface area is 98.4 Å². The Morgan fingerprint density at radius 3 is 2.38 bits per heavy atom. The van der Waals surface area contributed by atoms with E-state index in [2.05, 4.69) is 28.9 Å². The van der Waals surface area contributed by atoms with E-state index in [0.717, 1.165) is 37.8 Å². The summed E-state index contributed by atoms with van der Waals surface area (Å²) in [5.41, 5.74) is 2.33. The number of morpholine rings is 1. The van der Waals surface area contributed by atoms with Gasteiger partial charge < -0.3 is 9.64 Å². The van der Waals surface area contributed by atoms with Crippen molar-refractivity contribution in [3.05, 3.63) is 23.4 Å². The van der Waals surface area contributed by atoms with Gasteiger partial charge in [0.1, 0.15) is 5.82 Å². The van der Waals surface area contributed by atoms with Gasteiger partial charge in [-0.1, -0.05) is 19.9 Å². The Hall–Kier alpha value is -1.09. The molecule has 0 saturated carbocycles. The number of anilines is 1. The summed E-state index contributed by atoms with van der Waals surface area (Å²) in [6, 6.07) is 4.19. The molecule has 0 N–H and O–H groups in total. The molecule has 0 atom stereocenters. The number of nitrogens with zero attached hydrogens (tertiary/aromatic N) is 2. The van der Waals surface area contributed by atoms with Crippen LogP contribution in [0.4, 0.5) is 5.82 Å². The summed E-state index contributed by atoms with van der Waals surface area (Å²) >= 11 is 0. The van der Waals surface area contributed by atoms with E-state index in [4.69, 9.17) is 4.74 Å². The molecular weight excluding hydrogens is 200 g/mol. The Morgan fingerprint density at radius 2 is 1.75 bits per heavy atom. The van der Waals surface area contributed by atoms with Crippen molar-refractivity contribution < 1.29 is 4.74 Å². The van der Waals surface area contributed by atoms with E-state index in [-0.39, 0.29) is 0 Å². The van der Waals surface area contributed by atoms with Crippen molar-refractivity contribution >= 4 is 5.82 Å². The van der Waals surface area contributed by atoms with Gasteiger partial charge >= 0.3 is 0 Å². The highest BCUT2D eigenvalue weighted by atomic mass is 16.5. The average molecular weight is 222 g/mol. The first kappa shape index (κ1) is 13.0. The van der Waals surface area contributed by atoms with Gasteiger partial charge in [-0.15, -0.1) is 0 Å². The van der Waals surface area contributed by atoms with E-state index in [9.17, 15) is 0 Å². The number of aryl methyl sites for hydroxylation is 2. The van der Waals surface area contributed by atoms with E-state index < -0.39 is 0 Å². The quantitative estimate of drug-likeness (QED) is 0.730. The van der Waals surface area contributed by atoms with Gasteiger partial charge in [0, 0.05) is 18.8 Å². The maximum absolute atomic E-state index is 5.32. The molecule has 0 radical (unpaired) electrons. The first-order valence-corrected chi connectivity index (χ1v) is 6.04. The smallest absolute Gasteiger partial charge is 0.131 e. The molecule has 0 amide bonds. The zero-order valence-electron chi connectivity index (χ0n) is 10.8. The van der Waals surface area contributed by atoms with Crippen LogP contribution in [0, 0.1) is 13.8 Å². The lowest BCUT2D eigenvalue weighted by atomic mass is 10.2. The lowest BCUT2D eigenvalue weighted by Crippen LogP contribution is -2.37. The predicted octanol–water partition coefficient (Wildman–Crippen LogP) is 2.56. The molecule has 1 aliphatic heterocycles. The third-order valence-corrected chi connectivity index (χ3v) is 2.52. The second kappa shape index (κ2) is 6.48. The van der Waals surface area contributed by atoms with Gasteiger partial charge in [0.25, 0.3) is 0 Å². The number of pyridine rings is 1. The second-order valence-corrected chi connectivity index (χ2v) is 3.69. The highest BCUT2D eigenvalue weighted by Gasteiger charge is 2.14. The fraction of sp³-hybridized carbons (Fsp3) is 0.615. The number of aromatic nitrogens is 1. The van der Waals surface area contributed by atoms with Gasteiger partial charge in [0.2, 0.25) is 0 Å². The maximum Gasteiger partial charge on any atom is 0.131 e. The Kier molecular flexibility index (Phi) is 5.26. The molecule has 0 bridgehead atoms. The minimum Gasteiger partial charge on any atom is -0.378 e. The first-order valence-electron chi connectivity index (χ1n) is 6.04. The molecule has 2 heterocycles. The summed E-state index contributed by atoms with van der Waals surface area (Å²) in [5, 5.41) is 0. The second-order valence-electron chi connectivity index (χ2n) is 3.69. The molecule has 2 rings (SSSR count). The zero-order valence-corrected chi connectivity index (χ0v) is 10.8. The van der Waals surface area contributed by atoms with Crippen molar-refractivity contribution in [1.82, 2.24) is 4.98 Å². The molecule has 3 heteroatoms. The van der Waals surface area contributed by atoms with Gasteiger partial charge in [-0.25, -0.2) is 4.98 Å². The van der Waals surface area contributed by atoms with Crippen LogP contribution in [0.3, 0.4) is 0 Å². The fourth-order valence-electron chi connectivity index (χ4n) is 1.71. The van der Waals surface area contributed by atoms with E-state index >= 15 is 0 Å². The zero-order chi connectivity index (χ0) is 12.0. The molecule has 1 fully saturated rings. The van der Waals surface area contributed by atoms with Crippen molar-refractivity contribution in [2.24, 2.45) is 0 Å². The predicted molar refractivity (Wildman–Crippen MR) is 68.1 cm³/mol. The highest BCUT2D eigenvalue weighted by molar-refractivity contribution is 5.47. The van der Waals surface area contributed by atoms with Crippen molar-refractivity contribution in [2.75, 3.05) is 31.2 Å². The molecule has 0 spiro atoms. The molecule has 1 saturated heterocycles. The van der Waals surface area contributed by atoms with Gasteiger partial charge in [0.05, 0.1) is 13.2 Å². The van der Waals surface area contributed by atoms with Gasteiger partial charge in [-0.2, -0.15) is 0 Å². The largest absolute Gasteiger partial charge is 0.378 e. The van der Waals surface area contributed by atoms with Crippen LogP contribution in [-0.4, -0.2) is 31.3 Å². The molecule has 0 aromatic carbocycles. The molecular formula is C13H22N2O. The van der Waals surface area contributed by atoms with E-state index in [1.165, 1.54) is 5.56 Å². The lowest BCUT2D eigenvalue weighted by molar-refractivity contribution is 0.122. The van der Waals surface area contributed by atoms with Crippen LogP contribution in [0.1, 0.15) is 25.1 Å². The number of ether oxygens (including phenoxy) is 1. The van der Waals surface area contributed by atoms with Crippen molar-refractivity contribution in [3.63, 3.8) is 0 Å². The number of rotatable bonds is 1. The molecule has 1 aromatic heterocycles. The molecule has 0 unspecified atom stereocenters. The summed E-state index contributed by atoms with van der Waals surface area (Å²) < 4.78 is 5.32. The summed E-state index contributed by atoms with van der Waals surface area (Å²) in [4.78, 5) is 6.86. The topological polar surface area (TPSA) is 25.4 Å². The van der Waals surface area contributed by atoms with Crippen LogP contribution in [-0.2, 0) is 4.74 Å². The molecule has 1 aromatic rings. The summed E-state index contributed by atoms with van der Waals surface area (Å²) in [7, 11) is 0. The fourth-order valence-corrected chi connectivity index (χ4v) is 1.71. The maximum atomic E-state index is 5.32. The van der Waals surface area contributed by atoms with E-state index in [0.29, 0.717) is 0 Å². The van der Waals surface area contributed by atoms with Crippen molar-refractivity contribution in [3.8, 4) is 0 Å². The van der Waals surface area contributed by atoms with Crippen LogP contribution >= 0.6 is 0 Å². The van der Waals surface area contributed by atoms with Crippen LogP contribution in [0.25, 0.3) is 0 Å². The van der Waals surface area contributed by atoms with Gasteiger partial charge in [-0.05, 0) is 25.5 Å². The third-order valence-electron chi connectivity index (χ3n) is 2.52. The van der Waals surface area contributed by atoms with Crippen molar-refractivity contribution in [1.29, 1.82) is 0 Å². The number of hydrogen-bond donors (Lipinski definition) is 0. The summed E-state index contributed by atoms with van der Waals surface area (Å²) in [6.07, 6.45) is 0. The molecule has 0 aliphatic carbocycles. The molecule has 3 nitrogen and oxygen atoms in total. The highest BCUT2D eigenvalue weighted by Crippen LogP contribution is 2.18. The van der Waals surface area contributed by atoms with E-state index in [1.807, 2.05) is 20.8 Å². The molecule has 90 valence electrons. The Morgan fingerprint density at radius 1 is 1.12 bits per heavy atom. The third kappa shape index (κ3) is 3.20. The summed E-state index contributed by atoms with van der Waals surface area (Å²) in [6.45, 7) is 11.7. The van der Waals surface area contributed by atoms with Gasteiger partial charge in [0.15, 0.2) is 0 Å². The van der Waals surface area contributed by atoms with Crippen LogP contribution in [0.5, 0.6) is 0 Å². The minimum atomic E-state index is 0.815. The lowest BCUT2D eigenvalue weighted by Gasteiger charge is -2.29. The van der Waals surface area contributed by atoms with E-state index in [1.54, 1.807) is 0 Å². The Bertz CT molecular complexity index is 320. The minimum absolute atomic E-state index is 0.815. The normalized spacial score (nSPS) is 15.4. The first-order chi connectivity index (χ1) is 7.77. The van der Waals surface area contributed by atoms with Crippen LogP contribution in [0.15, 0.2) is 12.1 Å². The number of hydrogen-bond acceptors (Lipinski definition) is 3. The molecule has 16 heavy (non-hydrogen) atoms. The Balaban J connectivity index is 0.000000606. The van der Waals surface area contributed by atoms with Crippen LogP contribution in [0.2, 0.25) is 0 Å². The summed E-state index contributed by atoms with van der Waals surface area (Å²) in [5.74, 6) is 1.12. The monoisotopic (exact) mass is 222 g/mol. The average Bonchev–Trinajstić information content (AvgIpc) is 2.36. The molecule has 1 aliphatic rings.